The number of ether oxygens (including phenoxy) is 1. The number of piperidine rings is 1. The fourth-order valence-electron chi connectivity index (χ4n) is 4.89. The second kappa shape index (κ2) is 6.87. The minimum absolute atomic E-state index is 0.159. The van der Waals surface area contributed by atoms with Crippen LogP contribution in [0.1, 0.15) is 53.4 Å². The van der Waals surface area contributed by atoms with Crippen molar-refractivity contribution in [3.8, 4) is 0 Å². The van der Waals surface area contributed by atoms with Gasteiger partial charge in [0.15, 0.2) is 5.60 Å². The van der Waals surface area contributed by atoms with Crippen LogP contribution in [0.5, 0.6) is 0 Å². The fourth-order valence-corrected chi connectivity index (χ4v) is 4.89. The third kappa shape index (κ3) is 2.91. The third-order valence-electron chi connectivity index (χ3n) is 6.43. The molecule has 4 heterocycles. The van der Waals surface area contributed by atoms with Crippen LogP contribution in [0.25, 0.3) is 0 Å². The monoisotopic (exact) mass is 417 g/mol. The van der Waals surface area contributed by atoms with E-state index in [1.165, 1.54) is 18.3 Å². The molecule has 3 aliphatic heterocycles. The molecule has 3 fully saturated rings. The number of aryl methyl sites for hydroxylation is 1. The first kappa shape index (κ1) is 19.2. The van der Waals surface area contributed by atoms with E-state index in [4.69, 9.17) is 9.26 Å². The third-order valence-corrected chi connectivity index (χ3v) is 6.43. The Morgan fingerprint density at radius 1 is 1.17 bits per heavy atom. The lowest BCUT2D eigenvalue weighted by molar-refractivity contribution is -0.142. The number of halogens is 2. The Morgan fingerprint density at radius 3 is 2.50 bits per heavy atom. The number of aromatic nitrogens is 1. The molecule has 9 heteroatoms. The molecule has 0 N–H and O–H groups in total. The van der Waals surface area contributed by atoms with Gasteiger partial charge in [0, 0.05) is 32.0 Å². The molecule has 1 aromatic heterocycles. The predicted molar refractivity (Wildman–Crippen MR) is 99.2 cm³/mol. The Labute approximate surface area is 171 Å². The summed E-state index contributed by atoms with van der Waals surface area (Å²) in [6, 6.07) is 2.96. The Kier molecular flexibility index (Phi) is 4.39. The van der Waals surface area contributed by atoms with Crippen molar-refractivity contribution in [2.75, 3.05) is 13.1 Å². The summed E-state index contributed by atoms with van der Waals surface area (Å²) >= 11 is 0. The van der Waals surface area contributed by atoms with E-state index in [9.17, 15) is 18.4 Å². The van der Waals surface area contributed by atoms with E-state index in [-0.39, 0.29) is 11.8 Å². The van der Waals surface area contributed by atoms with Crippen molar-refractivity contribution >= 4 is 11.8 Å². The molecule has 0 radical (unpaired) electrons. The molecule has 0 unspecified atom stereocenters. The normalized spacial score (nSPS) is 25.2. The van der Waals surface area contributed by atoms with Crippen molar-refractivity contribution in [3.05, 3.63) is 52.9 Å². The van der Waals surface area contributed by atoms with Gasteiger partial charge in [-0.15, -0.1) is 0 Å². The van der Waals surface area contributed by atoms with Crippen molar-refractivity contribution in [1.82, 2.24) is 15.0 Å². The summed E-state index contributed by atoms with van der Waals surface area (Å²) in [5.74, 6) is -1.20. The van der Waals surface area contributed by atoms with Gasteiger partial charge in [-0.05, 0) is 37.5 Å². The lowest BCUT2D eigenvalue weighted by atomic mass is 9.89. The van der Waals surface area contributed by atoms with Gasteiger partial charge in [0.2, 0.25) is 0 Å². The molecule has 1 spiro atoms. The maximum Gasteiger partial charge on any atom is 0.259 e. The highest BCUT2D eigenvalue weighted by molar-refractivity contribution is 5.95. The van der Waals surface area contributed by atoms with Crippen LogP contribution in [0.2, 0.25) is 0 Å². The summed E-state index contributed by atoms with van der Waals surface area (Å²) in [6.07, 6.45) is 2.94. The van der Waals surface area contributed by atoms with E-state index < -0.39 is 29.5 Å². The van der Waals surface area contributed by atoms with Gasteiger partial charge in [-0.25, -0.2) is 8.78 Å². The molecule has 2 atom stereocenters. The zero-order valence-electron chi connectivity index (χ0n) is 16.4. The van der Waals surface area contributed by atoms with Crippen molar-refractivity contribution in [2.24, 2.45) is 0 Å². The smallest absolute Gasteiger partial charge is 0.259 e. The van der Waals surface area contributed by atoms with Gasteiger partial charge in [0.05, 0.1) is 12.2 Å². The number of carbonyl (C=O) groups excluding carboxylic acids is 2. The minimum Gasteiger partial charge on any atom is -0.361 e. The molecule has 2 aromatic rings. The summed E-state index contributed by atoms with van der Waals surface area (Å²) in [6.45, 7) is 2.42. The molecule has 2 amide bonds. The number of fused-ring (bicyclic) bond motifs is 1. The number of hydrogen-bond acceptors (Lipinski definition) is 5. The van der Waals surface area contributed by atoms with Gasteiger partial charge < -0.3 is 19.1 Å². The fraction of sp³-hybridized carbons (Fsp3) is 0.476. The van der Waals surface area contributed by atoms with Crippen LogP contribution in [0.3, 0.4) is 0 Å². The highest BCUT2D eigenvalue weighted by Crippen LogP contribution is 2.47. The first-order valence-electron chi connectivity index (χ1n) is 10.1. The molecule has 0 saturated carbocycles. The summed E-state index contributed by atoms with van der Waals surface area (Å²) in [4.78, 5) is 29.3. The Morgan fingerprint density at radius 2 is 1.87 bits per heavy atom. The quantitative estimate of drug-likeness (QED) is 0.751. The first-order chi connectivity index (χ1) is 14.4. The number of hydrogen-bond donors (Lipinski definition) is 0. The minimum atomic E-state index is -0.990. The zero-order chi connectivity index (χ0) is 21.0. The summed E-state index contributed by atoms with van der Waals surface area (Å²) in [7, 11) is 0. The summed E-state index contributed by atoms with van der Waals surface area (Å²) in [5, 5.41) is 3.65. The second-order valence-corrected chi connectivity index (χ2v) is 8.16. The van der Waals surface area contributed by atoms with Gasteiger partial charge in [-0.3, -0.25) is 9.59 Å². The van der Waals surface area contributed by atoms with E-state index >= 15 is 0 Å². The molecular weight excluding hydrogens is 396 g/mol. The van der Waals surface area contributed by atoms with Crippen LogP contribution < -0.4 is 0 Å². The number of likely N-dealkylation sites (tertiary alicyclic amines) is 1. The molecule has 7 nitrogen and oxygen atoms in total. The Balaban J connectivity index is 1.33. The van der Waals surface area contributed by atoms with Crippen LogP contribution in [-0.2, 0) is 9.53 Å². The number of carbonyl (C=O) groups is 2. The Bertz CT molecular complexity index is 995. The molecule has 158 valence electrons. The van der Waals surface area contributed by atoms with Crippen LogP contribution in [0, 0.1) is 18.6 Å². The average Bonchev–Trinajstić information content (AvgIpc) is 3.38. The van der Waals surface area contributed by atoms with Crippen molar-refractivity contribution in [1.29, 1.82) is 0 Å². The molecular formula is C21H21F2N3O4. The Hall–Kier alpha value is -2.81. The zero-order valence-corrected chi connectivity index (χ0v) is 16.4. The van der Waals surface area contributed by atoms with Gasteiger partial charge in [-0.1, -0.05) is 5.16 Å². The molecule has 3 saturated heterocycles. The topological polar surface area (TPSA) is 75.9 Å². The SMILES string of the molecule is Cc1oncc1C(=O)N1CCC2(CC1)O[C@@H]1CC[C@@H](c3cc(F)cc(F)c3)N1C2=O. The van der Waals surface area contributed by atoms with Crippen molar-refractivity contribution < 1.29 is 27.6 Å². The summed E-state index contributed by atoms with van der Waals surface area (Å²) in [5.41, 5.74) is -0.131. The van der Waals surface area contributed by atoms with Crippen molar-refractivity contribution in [3.63, 3.8) is 0 Å². The van der Waals surface area contributed by atoms with Gasteiger partial charge in [0.25, 0.3) is 11.8 Å². The maximum absolute atomic E-state index is 13.7. The lowest BCUT2D eigenvalue weighted by Crippen LogP contribution is -2.51. The highest BCUT2D eigenvalue weighted by atomic mass is 19.1. The molecule has 1 aromatic carbocycles. The van der Waals surface area contributed by atoms with Crippen LogP contribution in [-0.4, -0.2) is 51.7 Å². The number of amides is 2. The molecule has 30 heavy (non-hydrogen) atoms. The second-order valence-electron chi connectivity index (χ2n) is 8.16. The predicted octanol–water partition coefficient (Wildman–Crippen LogP) is 2.96. The van der Waals surface area contributed by atoms with E-state index in [0.717, 1.165) is 6.07 Å². The molecule has 3 aliphatic rings. The first-order valence-corrected chi connectivity index (χ1v) is 10.1. The van der Waals surface area contributed by atoms with Crippen LogP contribution in [0.15, 0.2) is 28.9 Å². The van der Waals surface area contributed by atoms with Gasteiger partial charge in [0.1, 0.15) is 29.2 Å². The van der Waals surface area contributed by atoms with Gasteiger partial charge >= 0.3 is 0 Å². The van der Waals surface area contributed by atoms with E-state index in [2.05, 4.69) is 5.16 Å². The number of benzene rings is 1. The molecule has 0 aliphatic carbocycles. The molecule has 0 bridgehead atoms. The van der Waals surface area contributed by atoms with E-state index in [1.54, 1.807) is 16.7 Å². The summed E-state index contributed by atoms with van der Waals surface area (Å²) < 4.78 is 38.6. The van der Waals surface area contributed by atoms with E-state index in [0.29, 0.717) is 55.7 Å². The largest absolute Gasteiger partial charge is 0.361 e. The van der Waals surface area contributed by atoms with Crippen LogP contribution >= 0.6 is 0 Å². The standard InChI is InChI=1S/C21H21F2N3O4/c1-12-16(11-24-30-12)19(27)25-6-4-21(5-7-25)20(28)26-17(2-3-18(26)29-21)13-8-14(22)10-15(23)9-13/h8-11,17-18H,2-7H2,1H3/t17-,18+/m0/s1. The number of nitrogens with zero attached hydrogens (tertiary/aromatic N) is 3. The van der Waals surface area contributed by atoms with E-state index in [1.807, 2.05) is 0 Å². The van der Waals surface area contributed by atoms with Gasteiger partial charge in [-0.2, -0.15) is 0 Å². The molecule has 5 rings (SSSR count). The number of rotatable bonds is 2. The average molecular weight is 417 g/mol. The maximum atomic E-state index is 13.7. The highest BCUT2D eigenvalue weighted by Gasteiger charge is 2.58. The lowest BCUT2D eigenvalue weighted by Gasteiger charge is -2.37. The van der Waals surface area contributed by atoms with Crippen molar-refractivity contribution in [2.45, 2.75) is 50.5 Å². The van der Waals surface area contributed by atoms with Crippen LogP contribution in [0.4, 0.5) is 8.78 Å².